The first-order valence-electron chi connectivity index (χ1n) is 7.52. The fourth-order valence-corrected chi connectivity index (χ4v) is 2.36. The van der Waals surface area contributed by atoms with Crippen molar-refractivity contribution in [2.24, 2.45) is 0 Å². The van der Waals surface area contributed by atoms with E-state index in [1.807, 2.05) is 37.1 Å². The third-order valence-corrected chi connectivity index (χ3v) is 3.74. The minimum Gasteiger partial charge on any atom is -0.395 e. The first-order valence-corrected chi connectivity index (χ1v) is 7.52. The van der Waals surface area contributed by atoms with Gasteiger partial charge < -0.3 is 10.0 Å². The number of hydrogen-bond donors (Lipinski definition) is 1. The van der Waals surface area contributed by atoms with Crippen molar-refractivity contribution in [1.82, 2.24) is 4.90 Å². The fraction of sp³-hybridized carbons (Fsp3) is 0.500. The van der Waals surface area contributed by atoms with Gasteiger partial charge in [-0.2, -0.15) is 0 Å². The minimum absolute atomic E-state index is 0.0571. The lowest BCUT2D eigenvalue weighted by Crippen LogP contribution is -2.36. The molecule has 0 aliphatic rings. The summed E-state index contributed by atoms with van der Waals surface area (Å²) in [5.41, 5.74) is 2.60. The van der Waals surface area contributed by atoms with Gasteiger partial charge in [-0.1, -0.05) is 25.7 Å². The zero-order valence-corrected chi connectivity index (χ0v) is 13.4. The predicted molar refractivity (Wildman–Crippen MR) is 86.2 cm³/mol. The third-order valence-electron chi connectivity index (χ3n) is 3.74. The zero-order chi connectivity index (χ0) is 15.8. The molecule has 0 aliphatic heterocycles. The van der Waals surface area contributed by atoms with Crippen LogP contribution >= 0.6 is 0 Å². The van der Waals surface area contributed by atoms with Crippen LogP contribution in [0.15, 0.2) is 18.2 Å². The van der Waals surface area contributed by atoms with Crippen molar-refractivity contribution in [3.63, 3.8) is 0 Å². The molecule has 0 radical (unpaired) electrons. The van der Waals surface area contributed by atoms with Crippen LogP contribution in [0.2, 0.25) is 0 Å². The van der Waals surface area contributed by atoms with Gasteiger partial charge in [-0.3, -0.25) is 4.79 Å². The van der Waals surface area contributed by atoms with Crippen molar-refractivity contribution >= 4 is 5.91 Å². The molecule has 114 valence electrons. The standard InChI is InChI=1S/C18H25NO2/c1-5-17(6-2)19(4)18(21)16-11-10-15(14(3)13-16)9-7-8-12-20/h10-11,13,17,20H,5-6,8,12H2,1-4H3. The molecule has 0 aromatic heterocycles. The number of hydrogen-bond acceptors (Lipinski definition) is 2. The van der Waals surface area contributed by atoms with Crippen molar-refractivity contribution in [3.05, 3.63) is 34.9 Å². The Hall–Kier alpha value is -1.79. The summed E-state index contributed by atoms with van der Waals surface area (Å²) in [4.78, 5) is 14.3. The van der Waals surface area contributed by atoms with E-state index in [0.29, 0.717) is 12.0 Å². The maximum Gasteiger partial charge on any atom is 0.253 e. The normalized spacial score (nSPS) is 10.2. The van der Waals surface area contributed by atoms with Crippen LogP contribution in [0.1, 0.15) is 54.6 Å². The Morgan fingerprint density at radius 2 is 2.00 bits per heavy atom. The van der Waals surface area contributed by atoms with E-state index in [4.69, 9.17) is 5.11 Å². The summed E-state index contributed by atoms with van der Waals surface area (Å²) in [6, 6.07) is 5.89. The highest BCUT2D eigenvalue weighted by atomic mass is 16.2. The van der Waals surface area contributed by atoms with E-state index < -0.39 is 0 Å². The summed E-state index contributed by atoms with van der Waals surface area (Å²) in [6.07, 6.45) is 2.39. The molecule has 0 bridgehead atoms. The van der Waals surface area contributed by atoms with Gasteiger partial charge in [-0.05, 0) is 43.5 Å². The smallest absolute Gasteiger partial charge is 0.253 e. The van der Waals surface area contributed by atoms with E-state index >= 15 is 0 Å². The first-order chi connectivity index (χ1) is 10.0. The number of aryl methyl sites for hydroxylation is 1. The molecule has 0 unspecified atom stereocenters. The van der Waals surface area contributed by atoms with Crippen molar-refractivity contribution in [3.8, 4) is 11.8 Å². The largest absolute Gasteiger partial charge is 0.395 e. The molecule has 0 fully saturated rings. The lowest BCUT2D eigenvalue weighted by Gasteiger charge is -2.26. The number of carbonyl (C=O) groups excluding carboxylic acids is 1. The van der Waals surface area contributed by atoms with Crippen molar-refractivity contribution in [2.75, 3.05) is 13.7 Å². The monoisotopic (exact) mass is 287 g/mol. The third kappa shape index (κ3) is 4.61. The number of aliphatic hydroxyl groups is 1. The molecule has 0 spiro atoms. The topological polar surface area (TPSA) is 40.5 Å². The average Bonchev–Trinajstić information content (AvgIpc) is 2.49. The number of carbonyl (C=O) groups is 1. The highest BCUT2D eigenvalue weighted by molar-refractivity contribution is 5.94. The molecule has 1 N–H and O–H groups in total. The summed E-state index contributed by atoms with van der Waals surface area (Å²) in [6.45, 7) is 6.23. The van der Waals surface area contributed by atoms with Gasteiger partial charge in [-0.25, -0.2) is 0 Å². The SMILES string of the molecule is CCC(CC)N(C)C(=O)c1ccc(C#CCCO)c(C)c1. The van der Waals surface area contributed by atoms with Crippen LogP contribution in [0.25, 0.3) is 0 Å². The van der Waals surface area contributed by atoms with Gasteiger partial charge in [0.1, 0.15) is 0 Å². The van der Waals surface area contributed by atoms with E-state index in [1.54, 1.807) is 0 Å². The second-order valence-electron chi connectivity index (χ2n) is 5.19. The Morgan fingerprint density at radius 3 is 2.52 bits per heavy atom. The molecule has 0 saturated carbocycles. The van der Waals surface area contributed by atoms with Crippen LogP contribution in [0.3, 0.4) is 0 Å². The van der Waals surface area contributed by atoms with Gasteiger partial charge in [0, 0.05) is 30.6 Å². The second kappa shape index (κ2) is 8.49. The summed E-state index contributed by atoms with van der Waals surface area (Å²) in [5, 5.41) is 8.74. The molecule has 1 amide bonds. The molecule has 0 heterocycles. The van der Waals surface area contributed by atoms with Crippen LogP contribution in [-0.2, 0) is 0 Å². The van der Waals surface area contributed by atoms with Gasteiger partial charge >= 0.3 is 0 Å². The first kappa shape index (κ1) is 17.3. The molecule has 1 aromatic rings. The van der Waals surface area contributed by atoms with Crippen LogP contribution in [0, 0.1) is 18.8 Å². The van der Waals surface area contributed by atoms with Gasteiger partial charge in [0.25, 0.3) is 5.91 Å². The highest BCUT2D eigenvalue weighted by Gasteiger charge is 2.18. The van der Waals surface area contributed by atoms with Crippen molar-refractivity contribution in [2.45, 2.75) is 46.1 Å². The molecule has 3 heteroatoms. The number of benzene rings is 1. The van der Waals surface area contributed by atoms with Gasteiger partial charge in [0.15, 0.2) is 0 Å². The Labute approximate surface area is 128 Å². The molecule has 1 aromatic carbocycles. The van der Waals surface area contributed by atoms with E-state index in [1.165, 1.54) is 0 Å². The quantitative estimate of drug-likeness (QED) is 0.846. The molecular formula is C18H25NO2. The van der Waals surface area contributed by atoms with Crippen LogP contribution < -0.4 is 0 Å². The Balaban J connectivity index is 2.93. The lowest BCUT2D eigenvalue weighted by molar-refractivity contribution is 0.0723. The highest BCUT2D eigenvalue weighted by Crippen LogP contribution is 2.15. The maximum atomic E-state index is 12.5. The van der Waals surface area contributed by atoms with E-state index in [0.717, 1.165) is 24.0 Å². The molecular weight excluding hydrogens is 262 g/mol. The number of rotatable bonds is 5. The van der Waals surface area contributed by atoms with Crippen molar-refractivity contribution in [1.29, 1.82) is 0 Å². The molecule has 3 nitrogen and oxygen atoms in total. The number of amides is 1. The predicted octanol–water partition coefficient (Wildman–Crippen LogP) is 2.99. The van der Waals surface area contributed by atoms with Crippen molar-refractivity contribution < 1.29 is 9.90 Å². The van der Waals surface area contributed by atoms with E-state index in [9.17, 15) is 4.79 Å². The van der Waals surface area contributed by atoms with E-state index in [-0.39, 0.29) is 18.6 Å². The fourth-order valence-electron chi connectivity index (χ4n) is 2.36. The van der Waals surface area contributed by atoms with Crippen LogP contribution in [0.5, 0.6) is 0 Å². The van der Waals surface area contributed by atoms with Gasteiger partial charge in [-0.15, -0.1) is 0 Å². The zero-order valence-electron chi connectivity index (χ0n) is 13.4. The Kier molecular flexibility index (Phi) is 6.98. The molecule has 0 atom stereocenters. The Morgan fingerprint density at radius 1 is 1.33 bits per heavy atom. The van der Waals surface area contributed by atoms with E-state index in [2.05, 4.69) is 25.7 Å². The molecule has 0 aliphatic carbocycles. The second-order valence-corrected chi connectivity index (χ2v) is 5.19. The summed E-state index contributed by atoms with van der Waals surface area (Å²) >= 11 is 0. The Bertz CT molecular complexity index is 536. The number of nitrogens with zero attached hydrogens (tertiary/aromatic N) is 1. The van der Waals surface area contributed by atoms with Crippen LogP contribution in [-0.4, -0.2) is 35.6 Å². The minimum atomic E-state index is 0.0571. The lowest BCUT2D eigenvalue weighted by atomic mass is 10.0. The average molecular weight is 287 g/mol. The summed E-state index contributed by atoms with van der Waals surface area (Å²) in [7, 11) is 1.87. The summed E-state index contributed by atoms with van der Waals surface area (Å²) < 4.78 is 0. The summed E-state index contributed by atoms with van der Waals surface area (Å²) in [5.74, 6) is 5.98. The van der Waals surface area contributed by atoms with Crippen LogP contribution in [0.4, 0.5) is 0 Å². The maximum absolute atomic E-state index is 12.5. The molecule has 1 rings (SSSR count). The van der Waals surface area contributed by atoms with Gasteiger partial charge in [0.2, 0.25) is 0 Å². The molecule has 0 saturated heterocycles. The number of aliphatic hydroxyl groups excluding tert-OH is 1. The molecule has 21 heavy (non-hydrogen) atoms. The van der Waals surface area contributed by atoms with Gasteiger partial charge in [0.05, 0.1) is 6.61 Å².